The summed E-state index contributed by atoms with van der Waals surface area (Å²) in [6.07, 6.45) is 0. The van der Waals surface area contributed by atoms with Crippen LogP contribution in [0.5, 0.6) is 5.75 Å². The van der Waals surface area contributed by atoms with Crippen LogP contribution < -0.4 is 10.1 Å². The minimum atomic E-state index is -0.523. The van der Waals surface area contributed by atoms with Crippen molar-refractivity contribution in [2.45, 2.75) is 25.7 Å². The van der Waals surface area contributed by atoms with Crippen molar-refractivity contribution in [3.8, 4) is 5.75 Å². The summed E-state index contributed by atoms with van der Waals surface area (Å²) >= 11 is 1.06. The molecule has 0 aliphatic rings. The lowest BCUT2D eigenvalue weighted by molar-refractivity contribution is -0.384. The van der Waals surface area contributed by atoms with Gasteiger partial charge in [0.05, 0.1) is 10.7 Å². The number of nitro benzene ring substituents is 1. The summed E-state index contributed by atoms with van der Waals surface area (Å²) in [6, 6.07) is 11.5. The van der Waals surface area contributed by atoms with Gasteiger partial charge in [0.25, 0.3) is 16.8 Å². The van der Waals surface area contributed by atoms with E-state index in [1.54, 1.807) is 6.07 Å². The normalized spacial score (nSPS) is 10.6. The maximum Gasteiger partial charge on any atom is 0.277 e. The lowest BCUT2D eigenvalue weighted by Crippen LogP contribution is -2.14. The molecule has 1 amide bonds. The van der Waals surface area contributed by atoms with Gasteiger partial charge in [0.15, 0.2) is 6.61 Å². The standard InChI is InChI=1S/C19H18N4O5S/c1-12-6-7-16(8-13(12)2)27-10-18-21-22-19(28-18)29-11-17(24)20-14-4-3-5-15(9-14)23(25)26/h3-9H,10-11H2,1-2H3,(H,20,24). The van der Waals surface area contributed by atoms with Crippen molar-refractivity contribution in [1.82, 2.24) is 10.2 Å². The van der Waals surface area contributed by atoms with Crippen LogP contribution in [-0.4, -0.2) is 26.8 Å². The Morgan fingerprint density at radius 3 is 2.79 bits per heavy atom. The molecule has 3 aromatic rings. The summed E-state index contributed by atoms with van der Waals surface area (Å²) in [6.45, 7) is 4.15. The number of anilines is 1. The number of ether oxygens (including phenoxy) is 1. The van der Waals surface area contributed by atoms with Gasteiger partial charge in [0.1, 0.15) is 5.75 Å². The fourth-order valence-electron chi connectivity index (χ4n) is 2.33. The van der Waals surface area contributed by atoms with E-state index in [4.69, 9.17) is 9.15 Å². The van der Waals surface area contributed by atoms with Crippen LogP contribution in [0.1, 0.15) is 17.0 Å². The molecule has 0 saturated heterocycles. The van der Waals surface area contributed by atoms with Crippen LogP contribution in [0.15, 0.2) is 52.1 Å². The number of nitrogens with one attached hydrogen (secondary N) is 1. The van der Waals surface area contributed by atoms with Gasteiger partial charge in [-0.3, -0.25) is 14.9 Å². The molecule has 0 aliphatic carbocycles. The van der Waals surface area contributed by atoms with Crippen molar-refractivity contribution in [3.63, 3.8) is 0 Å². The number of nitrogens with zero attached hydrogens (tertiary/aromatic N) is 3. The van der Waals surface area contributed by atoms with Crippen LogP contribution in [0, 0.1) is 24.0 Å². The summed E-state index contributed by atoms with van der Waals surface area (Å²) in [4.78, 5) is 22.3. The SMILES string of the molecule is Cc1ccc(OCc2nnc(SCC(=O)Nc3cccc([N+](=O)[O-])c3)o2)cc1C. The number of non-ortho nitro benzene ring substituents is 1. The van der Waals surface area contributed by atoms with Crippen LogP contribution in [0.2, 0.25) is 0 Å². The Morgan fingerprint density at radius 1 is 1.21 bits per heavy atom. The second-order valence-corrected chi connectivity index (χ2v) is 7.07. The third kappa shape index (κ3) is 5.79. The molecule has 1 aromatic heterocycles. The van der Waals surface area contributed by atoms with Crippen molar-refractivity contribution >= 4 is 29.0 Å². The predicted octanol–water partition coefficient (Wildman–Crippen LogP) is 3.90. The van der Waals surface area contributed by atoms with E-state index in [2.05, 4.69) is 15.5 Å². The molecule has 10 heteroatoms. The molecule has 2 aromatic carbocycles. The molecule has 150 valence electrons. The summed E-state index contributed by atoms with van der Waals surface area (Å²) in [5, 5.41) is 21.4. The molecule has 0 saturated carbocycles. The Kier molecular flexibility index (Phi) is 6.45. The largest absolute Gasteiger partial charge is 0.484 e. The van der Waals surface area contributed by atoms with Gasteiger partial charge in [0, 0.05) is 17.8 Å². The van der Waals surface area contributed by atoms with Crippen molar-refractivity contribution in [3.05, 3.63) is 69.6 Å². The molecule has 9 nitrogen and oxygen atoms in total. The molecule has 0 aliphatic heterocycles. The van der Waals surface area contributed by atoms with E-state index in [1.165, 1.54) is 23.8 Å². The lowest BCUT2D eigenvalue weighted by atomic mass is 10.1. The van der Waals surface area contributed by atoms with Crippen LogP contribution in [0.25, 0.3) is 0 Å². The van der Waals surface area contributed by atoms with E-state index >= 15 is 0 Å². The zero-order valence-electron chi connectivity index (χ0n) is 15.7. The first kappa shape index (κ1) is 20.3. The maximum absolute atomic E-state index is 12.0. The van der Waals surface area contributed by atoms with Crippen LogP contribution in [-0.2, 0) is 11.4 Å². The summed E-state index contributed by atoms with van der Waals surface area (Å²) in [5.41, 5.74) is 2.55. The molecule has 0 fully saturated rings. The van der Waals surface area contributed by atoms with E-state index in [0.29, 0.717) is 17.3 Å². The number of rotatable bonds is 8. The van der Waals surface area contributed by atoms with Crippen molar-refractivity contribution in [1.29, 1.82) is 0 Å². The highest BCUT2D eigenvalue weighted by molar-refractivity contribution is 7.99. The van der Waals surface area contributed by atoms with E-state index in [-0.39, 0.29) is 29.2 Å². The minimum Gasteiger partial charge on any atom is -0.484 e. The molecular weight excluding hydrogens is 396 g/mol. The predicted molar refractivity (Wildman–Crippen MR) is 107 cm³/mol. The molecule has 0 spiro atoms. The highest BCUT2D eigenvalue weighted by Gasteiger charge is 2.12. The van der Waals surface area contributed by atoms with Crippen molar-refractivity contribution < 1.29 is 18.9 Å². The third-order valence-electron chi connectivity index (χ3n) is 3.96. The highest BCUT2D eigenvalue weighted by Crippen LogP contribution is 2.21. The minimum absolute atomic E-state index is 0.0162. The van der Waals surface area contributed by atoms with Crippen molar-refractivity contribution in [2.75, 3.05) is 11.1 Å². The summed E-state index contributed by atoms with van der Waals surface area (Å²) < 4.78 is 11.1. The van der Waals surface area contributed by atoms with Gasteiger partial charge in [-0.1, -0.05) is 23.9 Å². The Morgan fingerprint density at radius 2 is 2.03 bits per heavy atom. The number of aromatic nitrogens is 2. The van der Waals surface area contributed by atoms with E-state index < -0.39 is 4.92 Å². The Balaban J connectivity index is 1.48. The van der Waals surface area contributed by atoms with Crippen LogP contribution >= 0.6 is 11.8 Å². The molecule has 29 heavy (non-hydrogen) atoms. The molecule has 0 radical (unpaired) electrons. The number of hydrogen-bond acceptors (Lipinski definition) is 8. The smallest absolute Gasteiger partial charge is 0.277 e. The van der Waals surface area contributed by atoms with Crippen molar-refractivity contribution in [2.24, 2.45) is 0 Å². The first-order valence-electron chi connectivity index (χ1n) is 8.60. The average Bonchev–Trinajstić information content (AvgIpc) is 3.15. The second-order valence-electron chi connectivity index (χ2n) is 6.14. The quantitative estimate of drug-likeness (QED) is 0.335. The molecule has 0 bridgehead atoms. The maximum atomic E-state index is 12.0. The Bertz CT molecular complexity index is 1040. The number of benzene rings is 2. The van der Waals surface area contributed by atoms with E-state index in [9.17, 15) is 14.9 Å². The fraction of sp³-hybridized carbons (Fsp3) is 0.211. The van der Waals surface area contributed by atoms with Gasteiger partial charge in [-0.25, -0.2) is 0 Å². The number of amides is 1. The highest BCUT2D eigenvalue weighted by atomic mass is 32.2. The topological polar surface area (TPSA) is 120 Å². The third-order valence-corrected chi connectivity index (χ3v) is 4.77. The number of nitro groups is 1. The molecule has 1 N–H and O–H groups in total. The van der Waals surface area contributed by atoms with Gasteiger partial charge >= 0.3 is 0 Å². The molecule has 1 heterocycles. The number of thioether (sulfide) groups is 1. The monoisotopic (exact) mass is 414 g/mol. The lowest BCUT2D eigenvalue weighted by Gasteiger charge is -2.06. The van der Waals surface area contributed by atoms with Gasteiger partial charge in [-0.15, -0.1) is 10.2 Å². The Labute approximate surface area is 170 Å². The molecule has 3 rings (SSSR count). The molecule has 0 unspecified atom stereocenters. The van der Waals surface area contributed by atoms with Crippen LogP contribution in [0.4, 0.5) is 11.4 Å². The first-order valence-corrected chi connectivity index (χ1v) is 9.59. The molecular formula is C19H18N4O5S. The second kappa shape index (κ2) is 9.20. The van der Waals surface area contributed by atoms with Crippen LogP contribution in [0.3, 0.4) is 0 Å². The number of hydrogen-bond donors (Lipinski definition) is 1. The number of aryl methyl sites for hydroxylation is 2. The summed E-state index contributed by atoms with van der Waals surface area (Å²) in [7, 11) is 0. The summed E-state index contributed by atoms with van der Waals surface area (Å²) in [5.74, 6) is 0.672. The van der Waals surface area contributed by atoms with E-state index in [0.717, 1.165) is 17.3 Å². The first-order chi connectivity index (χ1) is 13.9. The number of carbonyl (C=O) groups is 1. The number of carbonyl (C=O) groups excluding carboxylic acids is 1. The van der Waals surface area contributed by atoms with Gasteiger partial charge in [-0.05, 0) is 43.2 Å². The zero-order valence-corrected chi connectivity index (χ0v) is 16.6. The molecule has 0 atom stereocenters. The van der Waals surface area contributed by atoms with Gasteiger partial charge < -0.3 is 14.5 Å². The van der Waals surface area contributed by atoms with E-state index in [1.807, 2.05) is 32.0 Å². The average molecular weight is 414 g/mol. The van der Waals surface area contributed by atoms with Gasteiger partial charge in [0.2, 0.25) is 5.91 Å². The fourth-order valence-corrected chi connectivity index (χ4v) is 2.91. The van der Waals surface area contributed by atoms with Gasteiger partial charge in [-0.2, -0.15) is 0 Å². The zero-order chi connectivity index (χ0) is 20.8. The Hall–Kier alpha value is -3.40.